The summed E-state index contributed by atoms with van der Waals surface area (Å²) in [5, 5.41) is 10.5. The maximum Gasteiger partial charge on any atom is 0.192 e. The van der Waals surface area contributed by atoms with E-state index in [0.29, 0.717) is 12.3 Å². The van der Waals surface area contributed by atoms with Crippen LogP contribution in [0.15, 0.2) is 0 Å². The Kier molecular flexibility index (Phi) is 7.52. The van der Waals surface area contributed by atoms with Gasteiger partial charge < -0.3 is 9.53 Å². The first-order valence-electron chi connectivity index (χ1n) is 8.47. The van der Waals surface area contributed by atoms with Crippen molar-refractivity contribution < 1.29 is 14.3 Å². The molecule has 0 bridgehead atoms. The summed E-state index contributed by atoms with van der Waals surface area (Å²) in [4.78, 5) is 12.1. The van der Waals surface area contributed by atoms with Crippen molar-refractivity contribution in [3.8, 4) is 0 Å². The SMILES string of the molecule is CC(C)[C@H](C[C@@H](O)CC(=O)C(C)(C)C)O[Si](C)(C)C(C)(C)C. The van der Waals surface area contributed by atoms with Crippen molar-refractivity contribution in [2.24, 2.45) is 11.3 Å². The Bertz CT molecular complexity index is 362. The summed E-state index contributed by atoms with van der Waals surface area (Å²) in [5.41, 5.74) is -0.394. The van der Waals surface area contributed by atoms with Crippen LogP contribution in [0.1, 0.15) is 68.2 Å². The van der Waals surface area contributed by atoms with Gasteiger partial charge >= 0.3 is 0 Å². The minimum Gasteiger partial charge on any atom is -0.414 e. The van der Waals surface area contributed by atoms with E-state index in [9.17, 15) is 9.90 Å². The van der Waals surface area contributed by atoms with Crippen molar-refractivity contribution in [2.45, 2.75) is 98.6 Å². The van der Waals surface area contributed by atoms with E-state index in [1.807, 2.05) is 20.8 Å². The number of rotatable bonds is 7. The molecular weight excluding hydrogens is 292 g/mol. The summed E-state index contributed by atoms with van der Waals surface area (Å²) in [6.07, 6.45) is 0.132. The number of carbonyl (C=O) groups excluding carboxylic acids is 1. The molecule has 0 aromatic carbocycles. The van der Waals surface area contributed by atoms with Gasteiger partial charge in [-0.1, -0.05) is 55.4 Å². The highest BCUT2D eigenvalue weighted by Crippen LogP contribution is 2.38. The van der Waals surface area contributed by atoms with Crippen LogP contribution in [0.5, 0.6) is 0 Å². The van der Waals surface area contributed by atoms with Gasteiger partial charge in [-0.3, -0.25) is 4.79 Å². The average molecular weight is 331 g/mol. The van der Waals surface area contributed by atoms with Crippen molar-refractivity contribution in [3.63, 3.8) is 0 Å². The highest BCUT2D eigenvalue weighted by atomic mass is 28.4. The molecule has 0 amide bonds. The molecule has 0 saturated heterocycles. The second kappa shape index (κ2) is 7.58. The standard InChI is InChI=1S/C18H38O3Si/c1-13(2)15(21-22(9,10)18(6,7)8)11-14(19)12-16(20)17(3,4)5/h13-15,19H,11-12H2,1-10H3/t14-,15+/m1/s1. The molecule has 1 N–H and O–H groups in total. The predicted octanol–water partition coefficient (Wildman–Crippen LogP) is 4.79. The normalized spacial score (nSPS) is 16.7. The van der Waals surface area contributed by atoms with Gasteiger partial charge in [-0.15, -0.1) is 0 Å². The maximum absolute atomic E-state index is 12.1. The smallest absolute Gasteiger partial charge is 0.192 e. The van der Waals surface area contributed by atoms with Gasteiger partial charge in [0.05, 0.1) is 6.10 Å². The first-order chi connectivity index (χ1) is 9.58. The van der Waals surface area contributed by atoms with Gasteiger partial charge in [0.25, 0.3) is 0 Å². The van der Waals surface area contributed by atoms with Crippen LogP contribution < -0.4 is 0 Å². The Morgan fingerprint density at radius 1 is 1.09 bits per heavy atom. The van der Waals surface area contributed by atoms with E-state index in [1.165, 1.54) is 0 Å². The molecule has 0 aromatic heterocycles. The van der Waals surface area contributed by atoms with Crippen molar-refractivity contribution in [1.29, 1.82) is 0 Å². The van der Waals surface area contributed by atoms with Gasteiger partial charge in [-0.2, -0.15) is 0 Å². The van der Waals surface area contributed by atoms with E-state index in [-0.39, 0.29) is 23.3 Å². The molecule has 0 saturated carbocycles. The fourth-order valence-corrected chi connectivity index (χ4v) is 3.36. The predicted molar refractivity (Wildman–Crippen MR) is 96.6 cm³/mol. The van der Waals surface area contributed by atoms with Crippen LogP contribution in [0, 0.1) is 11.3 Å². The van der Waals surface area contributed by atoms with Crippen molar-refractivity contribution >= 4 is 14.1 Å². The second-order valence-corrected chi connectivity index (χ2v) is 14.2. The monoisotopic (exact) mass is 330 g/mol. The molecule has 0 spiro atoms. The topological polar surface area (TPSA) is 46.5 Å². The number of carbonyl (C=O) groups is 1. The quantitative estimate of drug-likeness (QED) is 0.683. The molecule has 2 atom stereocenters. The Hall–Kier alpha value is -0.193. The van der Waals surface area contributed by atoms with Crippen LogP contribution in [-0.2, 0) is 9.22 Å². The highest BCUT2D eigenvalue weighted by Gasteiger charge is 2.40. The Morgan fingerprint density at radius 3 is 1.86 bits per heavy atom. The lowest BCUT2D eigenvalue weighted by atomic mass is 9.86. The fraction of sp³-hybridized carbons (Fsp3) is 0.944. The van der Waals surface area contributed by atoms with Crippen LogP contribution in [0.2, 0.25) is 18.1 Å². The Balaban J connectivity index is 4.84. The lowest BCUT2D eigenvalue weighted by Crippen LogP contribution is -2.46. The molecule has 132 valence electrons. The van der Waals surface area contributed by atoms with Crippen LogP contribution >= 0.6 is 0 Å². The third kappa shape index (κ3) is 6.92. The zero-order valence-electron chi connectivity index (χ0n) is 16.4. The molecule has 0 aromatic rings. The molecule has 0 aliphatic rings. The van der Waals surface area contributed by atoms with Gasteiger partial charge in [0.1, 0.15) is 5.78 Å². The summed E-state index contributed by atoms with van der Waals surface area (Å²) in [7, 11) is -1.87. The summed E-state index contributed by atoms with van der Waals surface area (Å²) in [5.74, 6) is 0.434. The average Bonchev–Trinajstić information content (AvgIpc) is 2.24. The molecule has 22 heavy (non-hydrogen) atoms. The molecule has 0 aliphatic carbocycles. The number of Topliss-reactive ketones (excluding diaryl/α,β-unsaturated/α-hetero) is 1. The first kappa shape index (κ1) is 21.8. The van der Waals surface area contributed by atoms with Crippen LogP contribution in [0.25, 0.3) is 0 Å². The fourth-order valence-electron chi connectivity index (χ4n) is 1.88. The lowest BCUT2D eigenvalue weighted by Gasteiger charge is -2.41. The number of aliphatic hydroxyl groups excluding tert-OH is 1. The Morgan fingerprint density at radius 2 is 1.55 bits per heavy atom. The lowest BCUT2D eigenvalue weighted by molar-refractivity contribution is -0.128. The largest absolute Gasteiger partial charge is 0.414 e. The van der Waals surface area contributed by atoms with Gasteiger partial charge in [0.15, 0.2) is 8.32 Å². The molecule has 0 unspecified atom stereocenters. The first-order valence-corrected chi connectivity index (χ1v) is 11.4. The molecule has 4 heteroatoms. The van der Waals surface area contributed by atoms with E-state index in [2.05, 4.69) is 47.7 Å². The minimum atomic E-state index is -1.87. The van der Waals surface area contributed by atoms with Crippen molar-refractivity contribution in [1.82, 2.24) is 0 Å². The van der Waals surface area contributed by atoms with E-state index in [1.54, 1.807) is 0 Å². The number of hydrogen-bond acceptors (Lipinski definition) is 3. The van der Waals surface area contributed by atoms with Crippen LogP contribution in [0.3, 0.4) is 0 Å². The van der Waals surface area contributed by atoms with Crippen LogP contribution in [0.4, 0.5) is 0 Å². The van der Waals surface area contributed by atoms with E-state index >= 15 is 0 Å². The molecule has 0 radical (unpaired) electrons. The van der Waals surface area contributed by atoms with Crippen molar-refractivity contribution in [3.05, 3.63) is 0 Å². The van der Waals surface area contributed by atoms with E-state index in [0.717, 1.165) is 0 Å². The van der Waals surface area contributed by atoms with Gasteiger partial charge in [-0.05, 0) is 30.5 Å². The van der Waals surface area contributed by atoms with E-state index < -0.39 is 19.8 Å². The second-order valence-electron chi connectivity index (χ2n) is 9.43. The zero-order valence-corrected chi connectivity index (χ0v) is 17.4. The Labute approximate surface area is 139 Å². The molecule has 0 heterocycles. The number of ketones is 1. The minimum absolute atomic E-state index is 0.00339. The summed E-state index contributed by atoms with van der Waals surface area (Å²) in [6, 6.07) is 0. The van der Waals surface area contributed by atoms with Gasteiger partial charge in [0, 0.05) is 17.9 Å². The summed E-state index contributed by atoms with van der Waals surface area (Å²) < 4.78 is 6.47. The highest BCUT2D eigenvalue weighted by molar-refractivity contribution is 6.74. The number of aliphatic hydroxyl groups is 1. The third-order valence-corrected chi connectivity index (χ3v) is 9.26. The van der Waals surface area contributed by atoms with Gasteiger partial charge in [0.2, 0.25) is 0 Å². The van der Waals surface area contributed by atoms with Crippen molar-refractivity contribution in [2.75, 3.05) is 0 Å². The van der Waals surface area contributed by atoms with Gasteiger partial charge in [-0.25, -0.2) is 0 Å². The zero-order chi connectivity index (χ0) is 17.9. The maximum atomic E-state index is 12.1. The molecular formula is C18H38O3Si. The summed E-state index contributed by atoms with van der Waals surface area (Å²) >= 11 is 0. The molecule has 3 nitrogen and oxygen atoms in total. The summed E-state index contributed by atoms with van der Waals surface area (Å²) in [6.45, 7) is 21.1. The molecule has 0 fully saturated rings. The molecule has 0 aliphatic heterocycles. The third-order valence-electron chi connectivity index (χ3n) is 4.76. The van der Waals surface area contributed by atoms with E-state index in [4.69, 9.17) is 4.43 Å². The molecule has 0 rings (SSSR count). The number of hydrogen-bond donors (Lipinski definition) is 1. The van der Waals surface area contributed by atoms with Crippen LogP contribution in [-0.4, -0.2) is 31.4 Å².